The smallest absolute Gasteiger partial charge is 0.198 e. The molecule has 2 nitrogen and oxygen atoms in total. The summed E-state index contributed by atoms with van der Waals surface area (Å²) in [6.07, 6.45) is 0.768. The second-order valence-corrected chi connectivity index (χ2v) is 4.78. The first-order valence-corrected chi connectivity index (χ1v) is 6.97. The maximum Gasteiger partial charge on any atom is 0.198 e. The standard InChI is InChI=1S/C16H15ClF2O2/c1-20-7-6-11-2-4-13(5-3-11)21-16-14(18)8-12(10-17)9-15(16)19/h2-5,8-9H,6-7,10H2,1H3. The average molecular weight is 313 g/mol. The Hall–Kier alpha value is -1.65. The lowest BCUT2D eigenvalue weighted by Gasteiger charge is -2.10. The molecule has 0 atom stereocenters. The van der Waals surface area contributed by atoms with Gasteiger partial charge in [-0.25, -0.2) is 8.78 Å². The van der Waals surface area contributed by atoms with Crippen LogP contribution in [0.5, 0.6) is 11.5 Å². The zero-order chi connectivity index (χ0) is 15.2. The Balaban J connectivity index is 2.14. The Morgan fingerprint density at radius 1 is 1.00 bits per heavy atom. The van der Waals surface area contributed by atoms with Gasteiger partial charge in [-0.2, -0.15) is 0 Å². The van der Waals surface area contributed by atoms with Gasteiger partial charge in [0.15, 0.2) is 17.4 Å². The third kappa shape index (κ3) is 4.16. The molecule has 0 spiro atoms. The van der Waals surface area contributed by atoms with Crippen molar-refractivity contribution in [1.29, 1.82) is 0 Å². The van der Waals surface area contributed by atoms with E-state index in [0.717, 1.165) is 12.0 Å². The monoisotopic (exact) mass is 312 g/mol. The molecule has 0 saturated carbocycles. The third-order valence-electron chi connectivity index (χ3n) is 2.95. The SMILES string of the molecule is COCCc1ccc(Oc2c(F)cc(CCl)cc2F)cc1. The van der Waals surface area contributed by atoms with Crippen molar-refractivity contribution in [1.82, 2.24) is 0 Å². The topological polar surface area (TPSA) is 18.5 Å². The van der Waals surface area contributed by atoms with E-state index in [1.807, 2.05) is 12.1 Å². The van der Waals surface area contributed by atoms with Gasteiger partial charge in [0.25, 0.3) is 0 Å². The summed E-state index contributed by atoms with van der Waals surface area (Å²) >= 11 is 5.56. The number of rotatable bonds is 6. The molecule has 0 aliphatic carbocycles. The third-order valence-corrected chi connectivity index (χ3v) is 3.26. The second kappa shape index (κ2) is 7.38. The first-order chi connectivity index (χ1) is 10.1. The fourth-order valence-corrected chi connectivity index (χ4v) is 2.00. The number of ether oxygens (including phenoxy) is 2. The van der Waals surface area contributed by atoms with E-state index in [4.69, 9.17) is 21.1 Å². The van der Waals surface area contributed by atoms with Gasteiger partial charge in [-0.05, 0) is 41.8 Å². The largest absolute Gasteiger partial charge is 0.451 e. The van der Waals surface area contributed by atoms with Gasteiger partial charge in [-0.1, -0.05) is 12.1 Å². The molecule has 0 saturated heterocycles. The summed E-state index contributed by atoms with van der Waals surface area (Å²) in [6, 6.07) is 9.32. The molecular formula is C16H15ClF2O2. The van der Waals surface area contributed by atoms with Gasteiger partial charge in [-0.15, -0.1) is 11.6 Å². The Labute approximate surface area is 127 Å². The van der Waals surface area contributed by atoms with Gasteiger partial charge in [-0.3, -0.25) is 0 Å². The van der Waals surface area contributed by atoms with Crippen molar-refractivity contribution < 1.29 is 18.3 Å². The highest BCUT2D eigenvalue weighted by Gasteiger charge is 2.13. The van der Waals surface area contributed by atoms with Crippen LogP contribution in [-0.4, -0.2) is 13.7 Å². The second-order valence-electron chi connectivity index (χ2n) is 4.51. The van der Waals surface area contributed by atoms with Crippen molar-refractivity contribution in [3.63, 3.8) is 0 Å². The molecular weight excluding hydrogens is 298 g/mol. The van der Waals surface area contributed by atoms with E-state index in [1.54, 1.807) is 19.2 Å². The minimum Gasteiger partial charge on any atom is -0.451 e. The van der Waals surface area contributed by atoms with Crippen molar-refractivity contribution in [2.75, 3.05) is 13.7 Å². The number of methoxy groups -OCH3 is 1. The van der Waals surface area contributed by atoms with E-state index < -0.39 is 17.4 Å². The lowest BCUT2D eigenvalue weighted by molar-refractivity contribution is 0.202. The fourth-order valence-electron chi connectivity index (χ4n) is 1.85. The number of hydrogen-bond donors (Lipinski definition) is 0. The number of halogens is 3. The van der Waals surface area contributed by atoms with Crippen LogP contribution in [0.2, 0.25) is 0 Å². The molecule has 112 valence electrons. The maximum absolute atomic E-state index is 13.8. The van der Waals surface area contributed by atoms with Gasteiger partial charge < -0.3 is 9.47 Å². The Morgan fingerprint density at radius 3 is 2.14 bits per heavy atom. The van der Waals surface area contributed by atoms with Crippen LogP contribution in [0.4, 0.5) is 8.78 Å². The van der Waals surface area contributed by atoms with Crippen molar-refractivity contribution in [2.45, 2.75) is 12.3 Å². The minimum absolute atomic E-state index is 0.0440. The number of hydrogen-bond acceptors (Lipinski definition) is 2. The molecule has 2 aromatic carbocycles. The summed E-state index contributed by atoms with van der Waals surface area (Å²) in [4.78, 5) is 0. The highest BCUT2D eigenvalue weighted by molar-refractivity contribution is 6.17. The summed E-state index contributed by atoms with van der Waals surface area (Å²) in [5.41, 5.74) is 1.43. The van der Waals surface area contributed by atoms with Gasteiger partial charge in [0.2, 0.25) is 0 Å². The van der Waals surface area contributed by atoms with Crippen LogP contribution in [0, 0.1) is 11.6 Å². The minimum atomic E-state index is -0.769. The summed E-state index contributed by atoms with van der Waals surface area (Å²) in [5.74, 6) is -1.55. The van der Waals surface area contributed by atoms with Crippen molar-refractivity contribution >= 4 is 11.6 Å². The summed E-state index contributed by atoms with van der Waals surface area (Å²) in [6.45, 7) is 0.614. The zero-order valence-electron chi connectivity index (χ0n) is 11.5. The van der Waals surface area contributed by atoms with E-state index in [-0.39, 0.29) is 5.88 Å². The molecule has 0 heterocycles. The lowest BCUT2D eigenvalue weighted by atomic mass is 10.1. The number of alkyl halides is 1. The van der Waals surface area contributed by atoms with Crippen molar-refractivity contribution in [3.8, 4) is 11.5 Å². The molecule has 5 heteroatoms. The van der Waals surface area contributed by atoms with Crippen LogP contribution in [0.25, 0.3) is 0 Å². The predicted molar refractivity (Wildman–Crippen MR) is 78.0 cm³/mol. The molecule has 0 amide bonds. The van der Waals surface area contributed by atoms with Crippen LogP contribution in [-0.2, 0) is 17.0 Å². The van der Waals surface area contributed by atoms with E-state index in [9.17, 15) is 8.78 Å². The van der Waals surface area contributed by atoms with E-state index in [1.165, 1.54) is 12.1 Å². The average Bonchev–Trinajstić information content (AvgIpc) is 2.49. The number of benzene rings is 2. The Morgan fingerprint density at radius 2 is 1.62 bits per heavy atom. The normalized spacial score (nSPS) is 10.7. The summed E-state index contributed by atoms with van der Waals surface area (Å²) < 4.78 is 37.8. The fraction of sp³-hybridized carbons (Fsp3) is 0.250. The maximum atomic E-state index is 13.8. The molecule has 0 fully saturated rings. The lowest BCUT2D eigenvalue weighted by Crippen LogP contribution is -1.96. The quantitative estimate of drug-likeness (QED) is 0.721. The van der Waals surface area contributed by atoms with Crippen LogP contribution >= 0.6 is 11.6 Å². The van der Waals surface area contributed by atoms with Crippen molar-refractivity contribution in [3.05, 3.63) is 59.2 Å². The molecule has 2 aromatic rings. The van der Waals surface area contributed by atoms with Gasteiger partial charge in [0, 0.05) is 13.0 Å². The van der Waals surface area contributed by atoms with Crippen LogP contribution < -0.4 is 4.74 Å². The van der Waals surface area contributed by atoms with E-state index in [0.29, 0.717) is 17.9 Å². The predicted octanol–water partition coefficient (Wildman–Crippen LogP) is 4.68. The molecule has 0 bridgehead atoms. The molecule has 2 rings (SSSR count). The molecule has 0 aromatic heterocycles. The van der Waals surface area contributed by atoms with Crippen LogP contribution in [0.3, 0.4) is 0 Å². The molecule has 0 unspecified atom stereocenters. The van der Waals surface area contributed by atoms with E-state index >= 15 is 0 Å². The first kappa shape index (κ1) is 15.7. The highest BCUT2D eigenvalue weighted by Crippen LogP contribution is 2.29. The van der Waals surface area contributed by atoms with Gasteiger partial charge >= 0.3 is 0 Å². The first-order valence-electron chi connectivity index (χ1n) is 6.43. The molecule has 21 heavy (non-hydrogen) atoms. The summed E-state index contributed by atoms with van der Waals surface area (Å²) in [7, 11) is 1.63. The molecule has 0 N–H and O–H groups in total. The van der Waals surface area contributed by atoms with Crippen molar-refractivity contribution in [2.24, 2.45) is 0 Å². The van der Waals surface area contributed by atoms with Gasteiger partial charge in [0.1, 0.15) is 5.75 Å². The molecule has 0 aliphatic heterocycles. The molecule has 0 aliphatic rings. The van der Waals surface area contributed by atoms with Gasteiger partial charge in [0.05, 0.1) is 6.61 Å². The van der Waals surface area contributed by atoms with Crippen LogP contribution in [0.15, 0.2) is 36.4 Å². The van der Waals surface area contributed by atoms with E-state index in [2.05, 4.69) is 0 Å². The zero-order valence-corrected chi connectivity index (χ0v) is 12.3. The summed E-state index contributed by atoms with van der Waals surface area (Å²) in [5, 5.41) is 0. The molecule has 0 radical (unpaired) electrons. The van der Waals surface area contributed by atoms with Crippen LogP contribution in [0.1, 0.15) is 11.1 Å². The Kier molecular flexibility index (Phi) is 5.53. The highest BCUT2D eigenvalue weighted by atomic mass is 35.5. The Bertz CT molecular complexity index is 577.